The van der Waals surface area contributed by atoms with Gasteiger partial charge in [-0.15, -0.1) is 0 Å². The normalized spacial score (nSPS) is 10.8. The molecule has 0 saturated carbocycles. The van der Waals surface area contributed by atoms with Crippen LogP contribution in [-0.2, 0) is 6.42 Å². The van der Waals surface area contributed by atoms with Crippen LogP contribution in [0.25, 0.3) is 0 Å². The zero-order valence-electron chi connectivity index (χ0n) is 11.8. The maximum atomic E-state index is 13.3. The molecular weight excluding hydrogens is 259 g/mol. The number of benzene rings is 1. The minimum atomic E-state index is -0.479. The predicted molar refractivity (Wildman–Crippen MR) is 73.6 cm³/mol. The van der Waals surface area contributed by atoms with Crippen molar-refractivity contribution in [2.45, 2.75) is 26.3 Å². The molecule has 0 aliphatic carbocycles. The van der Waals surface area contributed by atoms with Crippen molar-refractivity contribution < 1.29 is 13.9 Å². The molecule has 106 valence electrons. The fourth-order valence-corrected chi connectivity index (χ4v) is 1.86. The van der Waals surface area contributed by atoms with Crippen molar-refractivity contribution in [3.8, 4) is 5.75 Å². The van der Waals surface area contributed by atoms with Gasteiger partial charge in [0.15, 0.2) is 17.3 Å². The number of aromatic nitrogens is 2. The molecule has 0 unspecified atom stereocenters. The summed E-state index contributed by atoms with van der Waals surface area (Å²) in [5.74, 6) is -0.519. The maximum absolute atomic E-state index is 13.3. The first-order valence-corrected chi connectivity index (χ1v) is 6.42. The van der Waals surface area contributed by atoms with Crippen LogP contribution >= 0.6 is 0 Å². The molecule has 0 aliphatic rings. The van der Waals surface area contributed by atoms with Gasteiger partial charge in [0, 0.05) is 17.8 Å². The van der Waals surface area contributed by atoms with Gasteiger partial charge >= 0.3 is 0 Å². The Bertz CT molecular complexity index is 620. The summed E-state index contributed by atoms with van der Waals surface area (Å²) in [6, 6.07) is 6.18. The Balaban J connectivity index is 2.15. The number of halogens is 1. The van der Waals surface area contributed by atoms with Gasteiger partial charge in [-0.25, -0.2) is 4.39 Å². The number of rotatable bonds is 5. The second kappa shape index (κ2) is 5.86. The van der Waals surface area contributed by atoms with Crippen molar-refractivity contribution in [3.05, 3.63) is 47.5 Å². The van der Waals surface area contributed by atoms with E-state index >= 15 is 0 Å². The van der Waals surface area contributed by atoms with E-state index in [2.05, 4.69) is 5.10 Å². The summed E-state index contributed by atoms with van der Waals surface area (Å²) in [6.45, 7) is 4.03. The van der Waals surface area contributed by atoms with Gasteiger partial charge in [-0.2, -0.15) is 5.10 Å². The lowest BCUT2D eigenvalue weighted by atomic mass is 10.1. The smallest absolute Gasteiger partial charge is 0.169 e. The van der Waals surface area contributed by atoms with Crippen LogP contribution in [0.5, 0.6) is 5.75 Å². The van der Waals surface area contributed by atoms with Crippen molar-refractivity contribution in [3.63, 3.8) is 0 Å². The molecule has 0 bridgehead atoms. The van der Waals surface area contributed by atoms with Gasteiger partial charge in [0.25, 0.3) is 0 Å². The van der Waals surface area contributed by atoms with E-state index in [0.29, 0.717) is 11.3 Å². The average Bonchev–Trinajstić information content (AvgIpc) is 2.88. The number of ketones is 1. The first kappa shape index (κ1) is 14.2. The monoisotopic (exact) mass is 276 g/mol. The van der Waals surface area contributed by atoms with Gasteiger partial charge in [0.05, 0.1) is 19.2 Å². The van der Waals surface area contributed by atoms with E-state index in [1.54, 1.807) is 4.68 Å². The molecule has 5 heteroatoms. The van der Waals surface area contributed by atoms with Crippen molar-refractivity contribution in [1.82, 2.24) is 9.78 Å². The van der Waals surface area contributed by atoms with Crippen LogP contribution in [0.2, 0.25) is 0 Å². The highest BCUT2D eigenvalue weighted by Gasteiger charge is 2.13. The molecule has 0 atom stereocenters. The number of carbonyl (C=O) groups is 1. The van der Waals surface area contributed by atoms with Crippen molar-refractivity contribution >= 4 is 5.78 Å². The van der Waals surface area contributed by atoms with Crippen LogP contribution in [0.1, 0.15) is 35.9 Å². The third kappa shape index (κ3) is 3.04. The quantitative estimate of drug-likeness (QED) is 0.788. The first-order valence-electron chi connectivity index (χ1n) is 6.42. The van der Waals surface area contributed by atoms with Crippen LogP contribution < -0.4 is 4.74 Å². The fraction of sp³-hybridized carbons (Fsp3) is 0.333. The van der Waals surface area contributed by atoms with Gasteiger partial charge in [-0.05, 0) is 38.1 Å². The Kier molecular flexibility index (Phi) is 4.17. The molecular formula is C15H17FN2O2. The van der Waals surface area contributed by atoms with Gasteiger partial charge in [-0.3, -0.25) is 9.48 Å². The van der Waals surface area contributed by atoms with Crippen molar-refractivity contribution in [2.75, 3.05) is 7.11 Å². The number of ether oxygens (including phenoxy) is 1. The molecule has 0 saturated heterocycles. The lowest BCUT2D eigenvalue weighted by Gasteiger charge is -2.05. The van der Waals surface area contributed by atoms with E-state index < -0.39 is 5.82 Å². The fourth-order valence-electron chi connectivity index (χ4n) is 1.86. The van der Waals surface area contributed by atoms with Crippen LogP contribution in [0.3, 0.4) is 0 Å². The number of nitrogens with zero attached hydrogens (tertiary/aromatic N) is 2. The topological polar surface area (TPSA) is 44.1 Å². The highest BCUT2D eigenvalue weighted by atomic mass is 19.1. The van der Waals surface area contributed by atoms with Gasteiger partial charge in [0.1, 0.15) is 0 Å². The Morgan fingerprint density at radius 3 is 2.75 bits per heavy atom. The third-order valence-electron chi connectivity index (χ3n) is 3.01. The molecule has 0 N–H and O–H groups in total. The Morgan fingerprint density at radius 1 is 1.40 bits per heavy atom. The number of Topliss-reactive ketones (excluding diaryl/α,β-unsaturated/α-hetero) is 1. The van der Waals surface area contributed by atoms with E-state index in [9.17, 15) is 9.18 Å². The largest absolute Gasteiger partial charge is 0.494 e. The minimum Gasteiger partial charge on any atom is -0.494 e. The average molecular weight is 276 g/mol. The second-order valence-electron chi connectivity index (χ2n) is 4.83. The minimum absolute atomic E-state index is 0.0727. The Hall–Kier alpha value is -2.17. The number of methoxy groups -OCH3 is 1. The van der Waals surface area contributed by atoms with E-state index in [4.69, 9.17) is 4.74 Å². The van der Waals surface area contributed by atoms with Crippen molar-refractivity contribution in [1.29, 1.82) is 0 Å². The van der Waals surface area contributed by atoms with Crippen molar-refractivity contribution in [2.24, 2.45) is 0 Å². The highest BCUT2D eigenvalue weighted by molar-refractivity contribution is 5.97. The number of carbonyl (C=O) groups excluding carboxylic acids is 1. The highest BCUT2D eigenvalue weighted by Crippen LogP contribution is 2.19. The zero-order chi connectivity index (χ0) is 14.7. The summed E-state index contributed by atoms with van der Waals surface area (Å²) < 4.78 is 20.0. The third-order valence-corrected chi connectivity index (χ3v) is 3.01. The van der Waals surface area contributed by atoms with Crippen LogP contribution in [0.15, 0.2) is 30.5 Å². The summed E-state index contributed by atoms with van der Waals surface area (Å²) in [5.41, 5.74) is 1.12. The predicted octanol–water partition coefficient (Wildman–Crippen LogP) is 3.04. The Morgan fingerprint density at radius 2 is 2.15 bits per heavy atom. The molecule has 1 aromatic carbocycles. The molecule has 0 aliphatic heterocycles. The molecule has 0 radical (unpaired) electrons. The van der Waals surface area contributed by atoms with E-state index in [1.807, 2.05) is 26.1 Å². The van der Waals surface area contributed by atoms with E-state index in [-0.39, 0.29) is 24.0 Å². The molecule has 4 nitrogen and oxygen atoms in total. The summed E-state index contributed by atoms with van der Waals surface area (Å²) in [5, 5.41) is 4.33. The molecule has 0 amide bonds. The van der Waals surface area contributed by atoms with Crippen LogP contribution in [-0.4, -0.2) is 22.7 Å². The SMILES string of the molecule is COc1cc(C(=O)Cc2ccn(C(C)C)n2)ccc1F. The second-order valence-corrected chi connectivity index (χ2v) is 4.83. The lowest BCUT2D eigenvalue weighted by Crippen LogP contribution is -2.07. The van der Waals surface area contributed by atoms with Crippen LogP contribution in [0.4, 0.5) is 4.39 Å². The van der Waals surface area contributed by atoms with Crippen LogP contribution in [0, 0.1) is 5.82 Å². The summed E-state index contributed by atoms with van der Waals surface area (Å²) >= 11 is 0. The molecule has 2 rings (SSSR count). The van der Waals surface area contributed by atoms with Gasteiger partial charge in [0.2, 0.25) is 0 Å². The zero-order valence-corrected chi connectivity index (χ0v) is 11.8. The van der Waals surface area contributed by atoms with Gasteiger partial charge < -0.3 is 4.74 Å². The summed E-state index contributed by atoms with van der Waals surface area (Å²) in [4.78, 5) is 12.1. The molecule has 1 heterocycles. The molecule has 1 aromatic heterocycles. The Labute approximate surface area is 117 Å². The number of hydrogen-bond acceptors (Lipinski definition) is 3. The first-order chi connectivity index (χ1) is 9.51. The lowest BCUT2D eigenvalue weighted by molar-refractivity contribution is 0.0991. The van der Waals surface area contributed by atoms with Gasteiger partial charge in [-0.1, -0.05) is 0 Å². The van der Waals surface area contributed by atoms with E-state index in [1.165, 1.54) is 25.3 Å². The van der Waals surface area contributed by atoms with E-state index in [0.717, 1.165) is 0 Å². The summed E-state index contributed by atoms with van der Waals surface area (Å²) in [7, 11) is 1.37. The maximum Gasteiger partial charge on any atom is 0.169 e. The summed E-state index contributed by atoms with van der Waals surface area (Å²) in [6.07, 6.45) is 2.03. The standard InChI is InChI=1S/C15H17FN2O2/c1-10(2)18-7-6-12(17-18)9-14(19)11-4-5-13(16)15(8-11)20-3/h4-8,10H,9H2,1-3H3. The molecule has 20 heavy (non-hydrogen) atoms. The number of hydrogen-bond donors (Lipinski definition) is 0. The molecule has 2 aromatic rings. The molecule has 0 fully saturated rings. The molecule has 0 spiro atoms.